The summed E-state index contributed by atoms with van der Waals surface area (Å²) in [6, 6.07) is 6.98. The molecule has 0 spiro atoms. The van der Waals surface area contributed by atoms with Crippen molar-refractivity contribution in [1.29, 1.82) is 0 Å². The number of anilines is 1. The Bertz CT molecular complexity index is 916. The molecule has 2 fully saturated rings. The fourth-order valence-corrected chi connectivity index (χ4v) is 5.54. The zero-order chi connectivity index (χ0) is 23.1. The Balaban J connectivity index is 1.56. The van der Waals surface area contributed by atoms with Crippen LogP contribution in [-0.2, 0) is 19.6 Å². The van der Waals surface area contributed by atoms with Gasteiger partial charge in [0.25, 0.3) is 0 Å². The molecule has 2 aliphatic rings. The molecule has 8 heteroatoms. The normalized spacial score (nSPS) is 21.7. The largest absolute Gasteiger partial charge is 0.274 e. The summed E-state index contributed by atoms with van der Waals surface area (Å²) in [5.41, 5.74) is 1.82. The molecule has 7 nitrogen and oxygen atoms in total. The lowest BCUT2D eigenvalue weighted by Crippen LogP contribution is -2.30. The molecule has 1 heterocycles. The van der Waals surface area contributed by atoms with Gasteiger partial charge in [0.1, 0.15) is 0 Å². The molecule has 1 aliphatic heterocycles. The van der Waals surface area contributed by atoms with Gasteiger partial charge in [-0.25, -0.2) is 13.2 Å². The molecule has 0 aromatic heterocycles. The van der Waals surface area contributed by atoms with E-state index in [0.717, 1.165) is 50.5 Å². The summed E-state index contributed by atoms with van der Waals surface area (Å²) >= 11 is 0. The number of fused-ring (bicyclic) bond motifs is 1. The number of sulfonamides is 1. The van der Waals surface area contributed by atoms with Crippen LogP contribution in [0.1, 0.15) is 83.6 Å². The molecule has 1 aromatic rings. The van der Waals surface area contributed by atoms with Gasteiger partial charge in [-0.05, 0) is 43.9 Å². The Morgan fingerprint density at radius 3 is 2.12 bits per heavy atom. The highest BCUT2D eigenvalue weighted by Crippen LogP contribution is 2.40. The van der Waals surface area contributed by atoms with Crippen LogP contribution in [0.3, 0.4) is 0 Å². The first kappa shape index (κ1) is 24.4. The van der Waals surface area contributed by atoms with Crippen molar-refractivity contribution in [3.8, 4) is 0 Å². The van der Waals surface area contributed by atoms with E-state index >= 15 is 0 Å². The molecular formula is C24H35N3O4S. The second kappa shape index (κ2) is 11.1. The van der Waals surface area contributed by atoms with Crippen LogP contribution in [0.25, 0.3) is 0 Å². The topological polar surface area (TPSA) is 95.9 Å². The minimum absolute atomic E-state index is 0.0658. The Kier molecular flexibility index (Phi) is 8.45. The lowest BCUT2D eigenvalue weighted by Gasteiger charge is -2.19. The molecule has 1 N–H and O–H groups in total. The maximum Gasteiger partial charge on any atom is 0.247 e. The molecule has 2 amide bonds. The van der Waals surface area contributed by atoms with E-state index in [1.54, 1.807) is 31.2 Å². The second-order valence-electron chi connectivity index (χ2n) is 8.93. The Hall–Kier alpha value is -2.22. The van der Waals surface area contributed by atoms with Crippen LogP contribution in [0.15, 0.2) is 29.4 Å². The standard InChI is InChI=1S/C24H35N3O4S/c1-3-4-5-6-7-10-17-32(30,31)26-25-18(2)19-13-15-20(16-14-19)27-23(28)21-11-8-9-12-22(21)24(27)29/h13-16,21-22,26H,3-12,17H2,1-2H3/b25-18+. The van der Waals surface area contributed by atoms with Crippen molar-refractivity contribution in [1.82, 2.24) is 4.83 Å². The first-order valence-corrected chi connectivity index (χ1v) is 13.5. The fourth-order valence-electron chi connectivity index (χ4n) is 4.59. The van der Waals surface area contributed by atoms with Gasteiger partial charge in [0.2, 0.25) is 21.8 Å². The van der Waals surface area contributed by atoms with Crippen LogP contribution >= 0.6 is 0 Å². The molecule has 176 valence electrons. The fraction of sp³-hybridized carbons (Fsp3) is 0.625. The number of nitrogens with one attached hydrogen (secondary N) is 1. The number of carbonyl (C=O) groups is 2. The number of nitrogens with zero attached hydrogens (tertiary/aromatic N) is 2. The highest BCUT2D eigenvalue weighted by Gasteiger charge is 2.48. The van der Waals surface area contributed by atoms with Crippen molar-refractivity contribution in [2.24, 2.45) is 16.9 Å². The van der Waals surface area contributed by atoms with Crippen molar-refractivity contribution in [2.75, 3.05) is 10.7 Å². The highest BCUT2D eigenvalue weighted by molar-refractivity contribution is 7.89. The van der Waals surface area contributed by atoms with Crippen molar-refractivity contribution >= 4 is 33.2 Å². The van der Waals surface area contributed by atoms with Gasteiger partial charge in [-0.1, -0.05) is 64.0 Å². The molecule has 1 aromatic carbocycles. The molecule has 32 heavy (non-hydrogen) atoms. The third-order valence-electron chi connectivity index (χ3n) is 6.50. The van der Waals surface area contributed by atoms with E-state index in [4.69, 9.17) is 0 Å². The number of hydrogen-bond acceptors (Lipinski definition) is 5. The van der Waals surface area contributed by atoms with Gasteiger partial charge in [-0.15, -0.1) is 0 Å². The zero-order valence-electron chi connectivity index (χ0n) is 19.2. The van der Waals surface area contributed by atoms with E-state index in [9.17, 15) is 18.0 Å². The second-order valence-corrected chi connectivity index (χ2v) is 10.8. The first-order chi connectivity index (χ1) is 15.3. The first-order valence-electron chi connectivity index (χ1n) is 11.9. The van der Waals surface area contributed by atoms with Crippen LogP contribution in [-0.4, -0.2) is 31.7 Å². The number of benzene rings is 1. The maximum absolute atomic E-state index is 12.7. The number of carbonyl (C=O) groups excluding carboxylic acids is 2. The van der Waals surface area contributed by atoms with Crippen LogP contribution in [0.5, 0.6) is 0 Å². The van der Waals surface area contributed by atoms with Crippen LogP contribution in [0.4, 0.5) is 5.69 Å². The van der Waals surface area contributed by atoms with Gasteiger partial charge in [0, 0.05) is 0 Å². The van der Waals surface area contributed by atoms with E-state index in [1.165, 1.54) is 17.7 Å². The molecule has 2 unspecified atom stereocenters. The van der Waals surface area contributed by atoms with Crippen molar-refractivity contribution in [3.05, 3.63) is 29.8 Å². The highest BCUT2D eigenvalue weighted by atomic mass is 32.2. The number of hydrazone groups is 1. The van der Waals surface area contributed by atoms with Crippen LogP contribution < -0.4 is 9.73 Å². The van der Waals surface area contributed by atoms with Crippen molar-refractivity contribution in [3.63, 3.8) is 0 Å². The molecule has 0 radical (unpaired) electrons. The maximum atomic E-state index is 12.7. The summed E-state index contributed by atoms with van der Waals surface area (Å²) in [5, 5.41) is 4.04. The lowest BCUT2D eigenvalue weighted by atomic mass is 9.81. The molecule has 1 saturated heterocycles. The number of amides is 2. The van der Waals surface area contributed by atoms with Crippen LogP contribution in [0, 0.1) is 11.8 Å². The van der Waals surface area contributed by atoms with E-state index in [-0.39, 0.29) is 29.4 Å². The Morgan fingerprint density at radius 1 is 0.969 bits per heavy atom. The summed E-state index contributed by atoms with van der Waals surface area (Å²) in [7, 11) is -3.46. The van der Waals surface area contributed by atoms with Gasteiger partial charge in [-0.2, -0.15) is 5.10 Å². The van der Waals surface area contributed by atoms with Gasteiger partial charge >= 0.3 is 0 Å². The molecule has 2 atom stereocenters. The van der Waals surface area contributed by atoms with E-state index in [0.29, 0.717) is 17.8 Å². The summed E-state index contributed by atoms with van der Waals surface area (Å²) in [4.78, 5) is 29.1. The van der Waals surface area contributed by atoms with Crippen LogP contribution in [0.2, 0.25) is 0 Å². The Morgan fingerprint density at radius 2 is 1.53 bits per heavy atom. The average Bonchev–Trinajstić information content (AvgIpc) is 3.05. The summed E-state index contributed by atoms with van der Waals surface area (Å²) < 4.78 is 24.4. The molecule has 1 saturated carbocycles. The molecule has 1 aliphatic carbocycles. The van der Waals surface area contributed by atoms with E-state index < -0.39 is 10.0 Å². The summed E-state index contributed by atoms with van der Waals surface area (Å²) in [6.45, 7) is 3.88. The number of imide groups is 1. The number of unbranched alkanes of at least 4 members (excludes halogenated alkanes) is 5. The third-order valence-corrected chi connectivity index (χ3v) is 7.70. The Labute approximate surface area is 191 Å². The van der Waals surface area contributed by atoms with E-state index in [2.05, 4.69) is 16.9 Å². The van der Waals surface area contributed by atoms with Gasteiger partial charge in [0.05, 0.1) is 29.0 Å². The third kappa shape index (κ3) is 5.97. The summed E-state index contributed by atoms with van der Waals surface area (Å²) in [6.07, 6.45) is 9.66. The van der Waals surface area contributed by atoms with Gasteiger partial charge < -0.3 is 0 Å². The lowest BCUT2D eigenvalue weighted by molar-refractivity contribution is -0.122. The van der Waals surface area contributed by atoms with Gasteiger partial charge in [0.15, 0.2) is 0 Å². The average molecular weight is 462 g/mol. The predicted octanol–water partition coefficient (Wildman–Crippen LogP) is 4.37. The van der Waals surface area contributed by atoms with Crippen molar-refractivity contribution < 1.29 is 18.0 Å². The number of hydrogen-bond donors (Lipinski definition) is 1. The van der Waals surface area contributed by atoms with Crippen molar-refractivity contribution in [2.45, 2.75) is 78.1 Å². The molecule has 0 bridgehead atoms. The van der Waals surface area contributed by atoms with Gasteiger partial charge in [-0.3, -0.25) is 14.5 Å². The number of rotatable bonds is 11. The quantitative estimate of drug-likeness (QED) is 0.229. The smallest absolute Gasteiger partial charge is 0.247 e. The van der Waals surface area contributed by atoms with E-state index in [1.807, 2.05) is 0 Å². The SMILES string of the molecule is CCCCCCCCS(=O)(=O)N/N=C(\C)c1ccc(N2C(=O)C3CCCCC3C2=O)cc1. The zero-order valence-corrected chi connectivity index (χ0v) is 20.0. The monoisotopic (exact) mass is 461 g/mol. The molecular weight excluding hydrogens is 426 g/mol. The molecule has 3 rings (SSSR count). The predicted molar refractivity (Wildman–Crippen MR) is 127 cm³/mol. The minimum atomic E-state index is -3.46. The minimum Gasteiger partial charge on any atom is -0.274 e. The summed E-state index contributed by atoms with van der Waals surface area (Å²) in [5.74, 6) is -0.489.